The maximum Gasteiger partial charge on any atom is 0.142 e. The van der Waals surface area contributed by atoms with E-state index in [2.05, 4.69) is 5.32 Å². The van der Waals surface area contributed by atoms with Gasteiger partial charge in [0.15, 0.2) is 0 Å². The van der Waals surface area contributed by atoms with Crippen LogP contribution in [0.5, 0.6) is 0 Å². The Kier molecular flexibility index (Phi) is 7.09. The zero-order valence-electron chi connectivity index (χ0n) is 10.8. The average Bonchev–Trinajstić information content (AvgIpc) is 2.43. The Bertz CT molecular complexity index is 440. The highest BCUT2D eigenvalue weighted by Gasteiger charge is 2.27. The predicted molar refractivity (Wildman–Crippen MR) is 76.4 cm³/mol. The molecule has 2 rings (SSSR count). The number of rotatable bonds is 4. The number of piperazine rings is 1. The van der Waals surface area contributed by atoms with Crippen LogP contribution >= 0.6 is 24.0 Å². The number of hydrogen-bond acceptors (Lipinski definition) is 2. The lowest BCUT2D eigenvalue weighted by atomic mass is 10.0. The van der Waals surface area contributed by atoms with Gasteiger partial charge in [-0.1, -0.05) is 11.6 Å². The van der Waals surface area contributed by atoms with Gasteiger partial charge in [-0.3, -0.25) is 9.29 Å². The van der Waals surface area contributed by atoms with E-state index in [0.717, 1.165) is 25.2 Å². The maximum absolute atomic E-state index is 13.9. The Morgan fingerprint density at radius 3 is 2.40 bits per heavy atom. The van der Waals surface area contributed by atoms with Crippen LogP contribution < -0.4 is 5.32 Å². The molecule has 0 radical (unpaired) electrons. The molecule has 1 N–H and O–H groups in total. The Balaban J connectivity index is 0.00000200. The van der Waals surface area contributed by atoms with Gasteiger partial charge in [0, 0.05) is 37.8 Å². The molecule has 0 aliphatic carbocycles. The van der Waals surface area contributed by atoms with E-state index >= 15 is 0 Å². The predicted octanol–water partition coefficient (Wildman–Crippen LogP) is 3.35. The molecular weight excluding hydrogens is 312 g/mol. The maximum atomic E-state index is 13.9. The van der Waals surface area contributed by atoms with Crippen molar-refractivity contribution in [3.63, 3.8) is 0 Å². The van der Waals surface area contributed by atoms with Crippen LogP contribution in [0.3, 0.4) is 0 Å². The first-order valence-corrected chi connectivity index (χ1v) is 6.67. The van der Waals surface area contributed by atoms with Gasteiger partial charge < -0.3 is 5.32 Å². The van der Waals surface area contributed by atoms with Crippen LogP contribution in [0.1, 0.15) is 18.0 Å². The number of alkyl halides is 1. The van der Waals surface area contributed by atoms with Crippen LogP contribution in [-0.4, -0.2) is 37.8 Å². The lowest BCUT2D eigenvalue weighted by Gasteiger charge is -2.35. The normalized spacial score (nSPS) is 17.6. The minimum atomic E-state index is -0.669. The molecule has 1 aromatic rings. The molecule has 1 heterocycles. The van der Waals surface area contributed by atoms with Gasteiger partial charge in [-0.2, -0.15) is 0 Å². The molecule has 7 heteroatoms. The number of halogens is 5. The molecule has 0 aromatic heterocycles. The molecule has 0 unspecified atom stereocenters. The Morgan fingerprint density at radius 2 is 1.80 bits per heavy atom. The SMILES string of the molecule is Cl.FCC[C@@H](c1c(F)ccc(F)c1Cl)N1CCNCC1. The van der Waals surface area contributed by atoms with Crippen molar-refractivity contribution >= 4 is 24.0 Å². The van der Waals surface area contributed by atoms with E-state index in [-0.39, 0.29) is 29.4 Å². The van der Waals surface area contributed by atoms with Crippen LogP contribution in [0.15, 0.2) is 12.1 Å². The van der Waals surface area contributed by atoms with E-state index in [1.165, 1.54) is 0 Å². The fourth-order valence-corrected chi connectivity index (χ4v) is 2.73. The average molecular weight is 329 g/mol. The monoisotopic (exact) mass is 328 g/mol. The van der Waals surface area contributed by atoms with Gasteiger partial charge in [0.1, 0.15) is 11.6 Å². The van der Waals surface area contributed by atoms with Crippen molar-refractivity contribution < 1.29 is 13.2 Å². The summed E-state index contributed by atoms with van der Waals surface area (Å²) in [5.41, 5.74) is 0.0706. The largest absolute Gasteiger partial charge is 0.314 e. The van der Waals surface area contributed by atoms with Crippen LogP contribution in [-0.2, 0) is 0 Å². The number of hydrogen-bond donors (Lipinski definition) is 1. The molecule has 1 fully saturated rings. The second-order valence-corrected chi connectivity index (χ2v) is 4.91. The number of benzene rings is 1. The molecule has 114 valence electrons. The van der Waals surface area contributed by atoms with Crippen LogP contribution in [0, 0.1) is 11.6 Å². The van der Waals surface area contributed by atoms with Crippen molar-refractivity contribution in [2.45, 2.75) is 12.5 Å². The Morgan fingerprint density at radius 1 is 1.20 bits per heavy atom. The van der Waals surface area contributed by atoms with E-state index in [9.17, 15) is 13.2 Å². The molecule has 1 atom stereocenters. The van der Waals surface area contributed by atoms with Crippen molar-refractivity contribution in [3.8, 4) is 0 Å². The summed E-state index contributed by atoms with van der Waals surface area (Å²) >= 11 is 5.87. The standard InChI is InChI=1S/C13H16ClF3N2.ClH/c14-13-10(17)2-1-9(16)12(13)11(3-4-15)19-7-5-18-6-8-19;/h1-2,11,18H,3-8H2;1H/t11-;/m0./s1. The van der Waals surface area contributed by atoms with Crippen LogP contribution in [0.4, 0.5) is 13.2 Å². The minimum Gasteiger partial charge on any atom is -0.314 e. The molecule has 0 amide bonds. The van der Waals surface area contributed by atoms with Crippen molar-refractivity contribution in [1.82, 2.24) is 10.2 Å². The molecule has 1 saturated heterocycles. The van der Waals surface area contributed by atoms with Crippen LogP contribution in [0.2, 0.25) is 5.02 Å². The highest BCUT2D eigenvalue weighted by molar-refractivity contribution is 6.31. The third-order valence-electron chi connectivity index (χ3n) is 3.39. The summed E-state index contributed by atoms with van der Waals surface area (Å²) in [6, 6.07) is 1.52. The van der Waals surface area contributed by atoms with Gasteiger partial charge in [0.2, 0.25) is 0 Å². The summed E-state index contributed by atoms with van der Waals surface area (Å²) in [6.45, 7) is 2.23. The van der Waals surface area contributed by atoms with Crippen molar-refractivity contribution in [2.24, 2.45) is 0 Å². The molecular formula is C13H17Cl2F3N2. The van der Waals surface area contributed by atoms with E-state index in [4.69, 9.17) is 11.6 Å². The Hall–Kier alpha value is -0.490. The molecule has 20 heavy (non-hydrogen) atoms. The van der Waals surface area contributed by atoms with Gasteiger partial charge in [-0.05, 0) is 18.6 Å². The topological polar surface area (TPSA) is 15.3 Å². The van der Waals surface area contributed by atoms with E-state index < -0.39 is 24.4 Å². The molecule has 0 bridgehead atoms. The first-order chi connectivity index (χ1) is 9.15. The molecule has 0 saturated carbocycles. The van der Waals surface area contributed by atoms with Crippen molar-refractivity contribution in [3.05, 3.63) is 34.4 Å². The molecule has 0 spiro atoms. The first kappa shape index (κ1) is 17.6. The summed E-state index contributed by atoms with van der Waals surface area (Å²) in [4.78, 5) is 1.94. The summed E-state index contributed by atoms with van der Waals surface area (Å²) in [7, 11) is 0. The first-order valence-electron chi connectivity index (χ1n) is 6.29. The second-order valence-electron chi connectivity index (χ2n) is 4.54. The fraction of sp³-hybridized carbons (Fsp3) is 0.538. The van der Waals surface area contributed by atoms with E-state index in [0.29, 0.717) is 13.1 Å². The summed E-state index contributed by atoms with van der Waals surface area (Å²) in [6.07, 6.45) is 0.111. The van der Waals surface area contributed by atoms with Crippen molar-refractivity contribution in [2.75, 3.05) is 32.9 Å². The fourth-order valence-electron chi connectivity index (χ4n) is 2.45. The Labute approximate surface area is 127 Å². The van der Waals surface area contributed by atoms with Gasteiger partial charge in [-0.25, -0.2) is 8.78 Å². The van der Waals surface area contributed by atoms with E-state index in [1.54, 1.807) is 0 Å². The zero-order valence-corrected chi connectivity index (χ0v) is 12.4. The van der Waals surface area contributed by atoms with Gasteiger partial charge >= 0.3 is 0 Å². The lowest BCUT2D eigenvalue weighted by Crippen LogP contribution is -2.45. The van der Waals surface area contributed by atoms with Crippen LogP contribution in [0.25, 0.3) is 0 Å². The molecule has 2 nitrogen and oxygen atoms in total. The molecule has 1 aliphatic heterocycles. The van der Waals surface area contributed by atoms with Gasteiger partial charge in [0.25, 0.3) is 0 Å². The summed E-state index contributed by atoms with van der Waals surface area (Å²) in [5, 5.41) is 2.93. The smallest absolute Gasteiger partial charge is 0.142 e. The van der Waals surface area contributed by atoms with Crippen molar-refractivity contribution in [1.29, 1.82) is 0 Å². The second kappa shape index (κ2) is 8.08. The van der Waals surface area contributed by atoms with E-state index in [1.807, 2.05) is 4.90 Å². The summed E-state index contributed by atoms with van der Waals surface area (Å²) < 4.78 is 40.2. The third kappa shape index (κ3) is 3.79. The highest BCUT2D eigenvalue weighted by Crippen LogP contribution is 2.34. The zero-order chi connectivity index (χ0) is 13.8. The number of nitrogens with one attached hydrogen (secondary N) is 1. The number of nitrogens with zero attached hydrogens (tertiary/aromatic N) is 1. The molecule has 1 aromatic carbocycles. The third-order valence-corrected chi connectivity index (χ3v) is 3.77. The quantitative estimate of drug-likeness (QED) is 0.853. The van der Waals surface area contributed by atoms with Gasteiger partial charge in [0.05, 0.1) is 11.7 Å². The van der Waals surface area contributed by atoms with Gasteiger partial charge in [-0.15, -0.1) is 12.4 Å². The minimum absolute atomic E-state index is 0. The lowest BCUT2D eigenvalue weighted by molar-refractivity contribution is 0.154. The summed E-state index contributed by atoms with van der Waals surface area (Å²) in [5.74, 6) is -1.25. The highest BCUT2D eigenvalue weighted by atomic mass is 35.5. The molecule has 1 aliphatic rings.